The lowest BCUT2D eigenvalue weighted by molar-refractivity contribution is 0.0944. The molecule has 0 spiro atoms. The quantitative estimate of drug-likeness (QED) is 0.172. The van der Waals surface area contributed by atoms with Crippen molar-refractivity contribution in [1.29, 1.82) is 0 Å². The molecule has 0 aliphatic carbocycles. The minimum absolute atomic E-state index is 0.199. The molecule has 0 atom stereocenters. The van der Waals surface area contributed by atoms with Gasteiger partial charge >= 0.3 is 5.63 Å². The Labute approximate surface area is 219 Å². The third-order valence-corrected chi connectivity index (χ3v) is 6.79. The summed E-state index contributed by atoms with van der Waals surface area (Å²) in [6.07, 6.45) is 0. The largest absolute Gasteiger partial charge is 0.423 e. The Bertz CT molecular complexity index is 1720. The lowest BCUT2D eigenvalue weighted by atomic mass is 10.1. The molecular formula is C29H26N4O3S. The maximum atomic E-state index is 12.9. The number of aryl methyl sites for hydroxylation is 2. The summed E-state index contributed by atoms with van der Waals surface area (Å²) in [5.41, 5.74) is 12.0. The summed E-state index contributed by atoms with van der Waals surface area (Å²) in [7, 11) is 0. The molecule has 8 heteroatoms. The Morgan fingerprint density at radius 3 is 2.49 bits per heavy atom. The fraction of sp³-hybridized carbons (Fsp3) is 0.138. The Hall–Kier alpha value is -4.43. The van der Waals surface area contributed by atoms with Crippen molar-refractivity contribution in [2.45, 2.75) is 27.3 Å². The fourth-order valence-electron chi connectivity index (χ4n) is 4.51. The minimum Gasteiger partial charge on any atom is -0.423 e. The first kappa shape index (κ1) is 24.3. The van der Waals surface area contributed by atoms with E-state index in [1.165, 1.54) is 17.3 Å². The van der Waals surface area contributed by atoms with Gasteiger partial charge in [-0.2, -0.15) is 0 Å². The molecule has 0 radical (unpaired) electrons. The number of hydrogen-bond acceptors (Lipinski definition) is 4. The van der Waals surface area contributed by atoms with Crippen LogP contribution < -0.4 is 21.8 Å². The van der Waals surface area contributed by atoms with Gasteiger partial charge in [0.2, 0.25) is 0 Å². The van der Waals surface area contributed by atoms with Crippen LogP contribution in [0, 0.1) is 20.8 Å². The highest BCUT2D eigenvalue weighted by Gasteiger charge is 2.15. The SMILES string of the molecule is Cc1cc(=O)oc2cc(NC(=S)NNC(=O)c3ccc4c(c3)c(C)c(C)n4Cc3ccccc3)ccc12. The number of nitrogens with one attached hydrogen (secondary N) is 3. The lowest BCUT2D eigenvalue weighted by Crippen LogP contribution is -2.43. The van der Waals surface area contributed by atoms with Gasteiger partial charge < -0.3 is 14.3 Å². The van der Waals surface area contributed by atoms with Crippen LogP contribution >= 0.6 is 12.2 Å². The molecule has 3 aromatic carbocycles. The van der Waals surface area contributed by atoms with Crippen LogP contribution in [0.15, 0.2) is 82.0 Å². The van der Waals surface area contributed by atoms with Crippen molar-refractivity contribution in [3.8, 4) is 0 Å². The number of carbonyl (C=O) groups is 1. The second kappa shape index (κ2) is 9.91. The molecular weight excluding hydrogens is 484 g/mol. The van der Waals surface area contributed by atoms with E-state index in [9.17, 15) is 9.59 Å². The van der Waals surface area contributed by atoms with E-state index in [2.05, 4.69) is 46.7 Å². The zero-order valence-electron chi connectivity index (χ0n) is 20.7. The second-order valence-corrected chi connectivity index (χ2v) is 9.41. The van der Waals surface area contributed by atoms with Crippen molar-refractivity contribution >= 4 is 50.8 Å². The van der Waals surface area contributed by atoms with Crippen LogP contribution in [0.2, 0.25) is 0 Å². The number of aromatic nitrogens is 1. The van der Waals surface area contributed by atoms with Crippen LogP contribution in [0.25, 0.3) is 21.9 Å². The standard InChI is InChI=1S/C29H26N4O3S/c1-17-13-27(34)36-26-15-22(10-11-23(17)26)30-29(37)32-31-28(35)21-9-12-25-24(14-21)18(2)19(3)33(25)16-20-7-5-4-6-8-20/h4-15H,16H2,1-3H3,(H,31,35)(H2,30,32,37). The van der Waals surface area contributed by atoms with Gasteiger partial charge in [0, 0.05) is 51.9 Å². The fourth-order valence-corrected chi connectivity index (χ4v) is 4.68. The van der Waals surface area contributed by atoms with Gasteiger partial charge in [0.15, 0.2) is 5.11 Å². The van der Waals surface area contributed by atoms with Crippen LogP contribution in [0.5, 0.6) is 0 Å². The molecule has 2 heterocycles. The molecule has 0 saturated heterocycles. The van der Waals surface area contributed by atoms with Gasteiger partial charge in [-0.05, 0) is 80.0 Å². The lowest BCUT2D eigenvalue weighted by Gasteiger charge is -2.12. The molecule has 0 unspecified atom stereocenters. The minimum atomic E-state index is -0.409. The van der Waals surface area contributed by atoms with Crippen LogP contribution in [0.1, 0.15) is 32.7 Å². The highest BCUT2D eigenvalue weighted by atomic mass is 32.1. The number of benzene rings is 3. The normalized spacial score (nSPS) is 11.0. The topological polar surface area (TPSA) is 88.3 Å². The number of carbonyl (C=O) groups excluding carboxylic acids is 1. The number of hydrazine groups is 1. The molecule has 5 aromatic rings. The Kier molecular flexibility index (Phi) is 6.50. The average Bonchev–Trinajstić information content (AvgIpc) is 3.12. The predicted molar refractivity (Wildman–Crippen MR) is 151 cm³/mol. The summed E-state index contributed by atoms with van der Waals surface area (Å²) in [6, 6.07) is 22.8. The van der Waals surface area contributed by atoms with E-state index >= 15 is 0 Å². The monoisotopic (exact) mass is 510 g/mol. The second-order valence-electron chi connectivity index (χ2n) is 9.01. The van der Waals surface area contributed by atoms with Gasteiger partial charge in [0.25, 0.3) is 5.91 Å². The predicted octanol–water partition coefficient (Wildman–Crippen LogP) is 5.35. The smallest absolute Gasteiger partial charge is 0.336 e. The third-order valence-electron chi connectivity index (χ3n) is 6.58. The van der Waals surface area contributed by atoms with Gasteiger partial charge in [0.1, 0.15) is 5.58 Å². The summed E-state index contributed by atoms with van der Waals surface area (Å²) in [5, 5.41) is 5.07. The number of anilines is 1. The molecule has 0 aliphatic heterocycles. The maximum absolute atomic E-state index is 12.9. The molecule has 0 fully saturated rings. The molecule has 7 nitrogen and oxygen atoms in total. The van der Waals surface area contributed by atoms with Crippen molar-refractivity contribution in [2.75, 3.05) is 5.32 Å². The van der Waals surface area contributed by atoms with E-state index in [1.54, 1.807) is 6.07 Å². The molecule has 37 heavy (non-hydrogen) atoms. The summed E-state index contributed by atoms with van der Waals surface area (Å²) < 4.78 is 7.55. The molecule has 0 saturated carbocycles. The molecule has 1 amide bonds. The highest BCUT2D eigenvalue weighted by molar-refractivity contribution is 7.80. The zero-order chi connectivity index (χ0) is 26.1. The summed E-state index contributed by atoms with van der Waals surface area (Å²) in [6.45, 7) is 6.79. The van der Waals surface area contributed by atoms with E-state index < -0.39 is 5.63 Å². The summed E-state index contributed by atoms with van der Waals surface area (Å²) >= 11 is 5.33. The Morgan fingerprint density at radius 2 is 1.70 bits per heavy atom. The first-order valence-corrected chi connectivity index (χ1v) is 12.3. The highest BCUT2D eigenvalue weighted by Crippen LogP contribution is 2.27. The van der Waals surface area contributed by atoms with E-state index in [0.29, 0.717) is 16.8 Å². The summed E-state index contributed by atoms with van der Waals surface area (Å²) in [4.78, 5) is 24.6. The first-order valence-electron chi connectivity index (χ1n) is 11.9. The average molecular weight is 511 g/mol. The number of hydrogen-bond donors (Lipinski definition) is 3. The molecule has 0 bridgehead atoms. The van der Waals surface area contributed by atoms with Crippen LogP contribution in [-0.4, -0.2) is 15.6 Å². The van der Waals surface area contributed by atoms with Gasteiger partial charge in [-0.1, -0.05) is 30.3 Å². The van der Waals surface area contributed by atoms with Crippen molar-refractivity contribution < 1.29 is 9.21 Å². The van der Waals surface area contributed by atoms with E-state index in [4.69, 9.17) is 16.6 Å². The van der Waals surface area contributed by atoms with Crippen molar-refractivity contribution in [1.82, 2.24) is 15.4 Å². The Balaban J connectivity index is 1.28. The first-order chi connectivity index (χ1) is 17.8. The van der Waals surface area contributed by atoms with Crippen molar-refractivity contribution in [2.24, 2.45) is 0 Å². The third kappa shape index (κ3) is 4.96. The van der Waals surface area contributed by atoms with E-state index in [1.807, 2.05) is 55.5 Å². The van der Waals surface area contributed by atoms with Gasteiger partial charge in [-0.25, -0.2) is 4.79 Å². The number of rotatable bonds is 4. The van der Waals surface area contributed by atoms with Crippen molar-refractivity contribution in [3.63, 3.8) is 0 Å². The van der Waals surface area contributed by atoms with Crippen LogP contribution in [0.3, 0.4) is 0 Å². The Morgan fingerprint density at radius 1 is 0.919 bits per heavy atom. The zero-order valence-corrected chi connectivity index (χ0v) is 21.5. The van der Waals surface area contributed by atoms with Crippen LogP contribution in [-0.2, 0) is 6.54 Å². The molecule has 186 valence electrons. The number of thiocarbonyl (C=S) groups is 1. The van der Waals surface area contributed by atoms with Gasteiger partial charge in [-0.3, -0.25) is 15.6 Å². The van der Waals surface area contributed by atoms with Crippen LogP contribution in [0.4, 0.5) is 5.69 Å². The maximum Gasteiger partial charge on any atom is 0.336 e. The van der Waals surface area contributed by atoms with Gasteiger partial charge in [0.05, 0.1) is 0 Å². The molecule has 5 rings (SSSR count). The molecule has 0 aliphatic rings. The van der Waals surface area contributed by atoms with Gasteiger partial charge in [-0.15, -0.1) is 0 Å². The van der Waals surface area contributed by atoms with E-state index in [0.717, 1.165) is 34.0 Å². The number of nitrogens with zero attached hydrogens (tertiary/aromatic N) is 1. The number of fused-ring (bicyclic) bond motifs is 2. The summed E-state index contributed by atoms with van der Waals surface area (Å²) in [5.74, 6) is -0.306. The van der Waals surface area contributed by atoms with E-state index in [-0.39, 0.29) is 11.0 Å². The van der Waals surface area contributed by atoms with Crippen molar-refractivity contribution in [3.05, 3.63) is 111 Å². The number of amides is 1. The molecule has 2 aromatic heterocycles. The molecule has 3 N–H and O–H groups in total.